The Bertz CT molecular complexity index is 469. The number of pyridine rings is 1. The van der Waals surface area contributed by atoms with Gasteiger partial charge in [0.1, 0.15) is 6.61 Å². The first kappa shape index (κ1) is 15.5. The Morgan fingerprint density at radius 2 is 1.81 bits per heavy atom. The topological polar surface area (TPSA) is 34.1 Å². The lowest BCUT2D eigenvalue weighted by molar-refractivity contribution is 0.0184. The molecule has 0 radical (unpaired) electrons. The summed E-state index contributed by atoms with van der Waals surface area (Å²) < 4.78 is 28.9. The molecule has 21 heavy (non-hydrogen) atoms. The van der Waals surface area contributed by atoms with Crippen LogP contribution in [-0.2, 0) is 4.74 Å². The molecule has 0 saturated carbocycles. The second-order valence-electron chi connectivity index (χ2n) is 4.52. The van der Waals surface area contributed by atoms with Crippen LogP contribution in [-0.4, -0.2) is 31.2 Å². The summed E-state index contributed by atoms with van der Waals surface area (Å²) in [6.45, 7) is 0.185. The highest BCUT2D eigenvalue weighted by molar-refractivity contribution is 5.27. The Balaban J connectivity index is 1.97. The Morgan fingerprint density at radius 3 is 2.48 bits per heavy atom. The summed E-state index contributed by atoms with van der Waals surface area (Å²) in [5.41, 5.74) is 1.96. The van der Waals surface area contributed by atoms with Crippen LogP contribution in [0, 0.1) is 0 Å². The average molecular weight is 292 g/mol. The van der Waals surface area contributed by atoms with Crippen LogP contribution < -0.4 is 5.32 Å². The van der Waals surface area contributed by atoms with Gasteiger partial charge in [0.25, 0.3) is 6.43 Å². The lowest BCUT2D eigenvalue weighted by Crippen LogP contribution is -2.27. The molecule has 1 N–H and O–H groups in total. The number of nitrogens with zero attached hydrogens (tertiary/aromatic N) is 1. The van der Waals surface area contributed by atoms with Gasteiger partial charge < -0.3 is 10.1 Å². The van der Waals surface area contributed by atoms with Gasteiger partial charge in [0.15, 0.2) is 0 Å². The Hall–Kier alpha value is -1.85. The van der Waals surface area contributed by atoms with Crippen molar-refractivity contribution in [2.45, 2.75) is 12.5 Å². The number of benzene rings is 1. The summed E-state index contributed by atoms with van der Waals surface area (Å²) >= 11 is 0. The minimum atomic E-state index is -2.43. The van der Waals surface area contributed by atoms with Crippen molar-refractivity contribution in [1.82, 2.24) is 10.3 Å². The van der Waals surface area contributed by atoms with Gasteiger partial charge in [-0.1, -0.05) is 36.4 Å². The SMILES string of the molecule is FC(F)COCCNC(c1ccccc1)c1ccccn1. The first-order chi connectivity index (χ1) is 10.3. The summed E-state index contributed by atoms with van der Waals surface area (Å²) in [7, 11) is 0. The first-order valence-electron chi connectivity index (χ1n) is 6.82. The van der Waals surface area contributed by atoms with E-state index in [1.807, 2.05) is 48.5 Å². The minimum absolute atomic E-state index is 0.0810. The molecule has 0 aliphatic rings. The molecule has 0 spiro atoms. The number of ether oxygens (including phenoxy) is 1. The molecule has 1 atom stereocenters. The van der Waals surface area contributed by atoms with Crippen molar-refractivity contribution in [3.63, 3.8) is 0 Å². The number of halogens is 2. The van der Waals surface area contributed by atoms with Crippen molar-refractivity contribution < 1.29 is 13.5 Å². The third-order valence-electron chi connectivity index (χ3n) is 2.96. The van der Waals surface area contributed by atoms with Crippen molar-refractivity contribution in [3.05, 3.63) is 66.0 Å². The predicted molar refractivity (Wildman–Crippen MR) is 77.3 cm³/mol. The van der Waals surface area contributed by atoms with E-state index in [0.717, 1.165) is 11.3 Å². The fourth-order valence-electron chi connectivity index (χ4n) is 2.03. The number of hydrogen-bond donors (Lipinski definition) is 1. The molecule has 1 heterocycles. The third kappa shape index (κ3) is 5.21. The van der Waals surface area contributed by atoms with E-state index in [9.17, 15) is 8.78 Å². The summed E-state index contributed by atoms with van der Waals surface area (Å²) in [4.78, 5) is 4.36. The van der Waals surface area contributed by atoms with E-state index in [-0.39, 0.29) is 12.6 Å². The highest BCUT2D eigenvalue weighted by atomic mass is 19.3. The number of hydrogen-bond acceptors (Lipinski definition) is 3. The second-order valence-corrected chi connectivity index (χ2v) is 4.52. The van der Waals surface area contributed by atoms with E-state index in [2.05, 4.69) is 10.3 Å². The maximum atomic E-state index is 12.0. The normalized spacial score (nSPS) is 12.5. The van der Waals surface area contributed by atoms with Crippen LogP contribution >= 0.6 is 0 Å². The van der Waals surface area contributed by atoms with Crippen LogP contribution in [0.4, 0.5) is 8.78 Å². The molecular formula is C16H18F2N2O. The van der Waals surface area contributed by atoms with Gasteiger partial charge in [0.2, 0.25) is 0 Å². The van der Waals surface area contributed by atoms with Crippen molar-refractivity contribution in [2.75, 3.05) is 19.8 Å². The van der Waals surface area contributed by atoms with Crippen LogP contribution in [0.15, 0.2) is 54.7 Å². The van der Waals surface area contributed by atoms with Gasteiger partial charge in [0, 0.05) is 12.7 Å². The lowest BCUT2D eigenvalue weighted by atomic mass is 10.0. The average Bonchev–Trinajstić information content (AvgIpc) is 2.52. The van der Waals surface area contributed by atoms with Crippen LogP contribution in [0.1, 0.15) is 17.3 Å². The van der Waals surface area contributed by atoms with Gasteiger partial charge in [-0.2, -0.15) is 0 Å². The highest BCUT2D eigenvalue weighted by Crippen LogP contribution is 2.19. The lowest BCUT2D eigenvalue weighted by Gasteiger charge is -2.18. The van der Waals surface area contributed by atoms with Crippen LogP contribution in [0.2, 0.25) is 0 Å². The van der Waals surface area contributed by atoms with Gasteiger partial charge >= 0.3 is 0 Å². The molecule has 0 aliphatic carbocycles. The molecule has 1 unspecified atom stereocenters. The molecular weight excluding hydrogens is 274 g/mol. The van der Waals surface area contributed by atoms with E-state index < -0.39 is 13.0 Å². The molecule has 0 saturated heterocycles. The van der Waals surface area contributed by atoms with Gasteiger partial charge in [-0.15, -0.1) is 0 Å². The molecule has 112 valence electrons. The van der Waals surface area contributed by atoms with Crippen molar-refractivity contribution in [3.8, 4) is 0 Å². The van der Waals surface area contributed by atoms with E-state index in [4.69, 9.17) is 4.74 Å². The molecule has 2 aromatic rings. The number of alkyl halides is 2. The van der Waals surface area contributed by atoms with Crippen LogP contribution in [0.3, 0.4) is 0 Å². The van der Waals surface area contributed by atoms with E-state index in [1.54, 1.807) is 6.20 Å². The fraction of sp³-hybridized carbons (Fsp3) is 0.312. The number of aromatic nitrogens is 1. The van der Waals surface area contributed by atoms with Crippen molar-refractivity contribution in [2.24, 2.45) is 0 Å². The van der Waals surface area contributed by atoms with Gasteiger partial charge in [0.05, 0.1) is 18.3 Å². The van der Waals surface area contributed by atoms with E-state index in [1.165, 1.54) is 0 Å². The zero-order valence-corrected chi connectivity index (χ0v) is 11.6. The largest absolute Gasteiger partial charge is 0.374 e. The number of rotatable bonds is 8. The molecule has 0 aliphatic heterocycles. The van der Waals surface area contributed by atoms with Crippen molar-refractivity contribution >= 4 is 0 Å². The Labute approximate surface area is 123 Å². The third-order valence-corrected chi connectivity index (χ3v) is 2.96. The summed E-state index contributed by atoms with van der Waals surface area (Å²) in [6, 6.07) is 15.5. The van der Waals surface area contributed by atoms with Gasteiger partial charge in [-0.25, -0.2) is 8.78 Å². The zero-order valence-electron chi connectivity index (χ0n) is 11.6. The van der Waals surface area contributed by atoms with E-state index >= 15 is 0 Å². The Morgan fingerprint density at radius 1 is 1.05 bits per heavy atom. The molecule has 0 fully saturated rings. The highest BCUT2D eigenvalue weighted by Gasteiger charge is 2.14. The Kier molecular flexibility index (Phi) is 6.24. The van der Waals surface area contributed by atoms with Gasteiger partial charge in [-0.3, -0.25) is 4.98 Å². The number of nitrogens with one attached hydrogen (secondary N) is 1. The molecule has 3 nitrogen and oxygen atoms in total. The quantitative estimate of drug-likeness (QED) is 0.759. The molecule has 0 amide bonds. The van der Waals surface area contributed by atoms with Gasteiger partial charge in [-0.05, 0) is 17.7 Å². The first-order valence-corrected chi connectivity index (χ1v) is 6.82. The molecule has 5 heteroatoms. The maximum absolute atomic E-state index is 12.0. The van der Waals surface area contributed by atoms with Crippen molar-refractivity contribution in [1.29, 1.82) is 0 Å². The fourth-order valence-corrected chi connectivity index (χ4v) is 2.03. The standard InChI is InChI=1S/C16H18F2N2O/c17-15(18)12-21-11-10-20-16(13-6-2-1-3-7-13)14-8-4-5-9-19-14/h1-9,15-16,20H,10-12H2. The predicted octanol–water partition coefficient (Wildman–Crippen LogP) is 3.04. The zero-order chi connectivity index (χ0) is 14.9. The summed E-state index contributed by atoms with van der Waals surface area (Å²) in [5.74, 6) is 0. The van der Waals surface area contributed by atoms with E-state index in [0.29, 0.717) is 6.54 Å². The van der Waals surface area contributed by atoms with Crippen LogP contribution in [0.5, 0.6) is 0 Å². The molecule has 1 aromatic heterocycles. The molecule has 2 rings (SSSR count). The monoisotopic (exact) mass is 292 g/mol. The second kappa shape index (κ2) is 8.44. The summed E-state index contributed by atoms with van der Waals surface area (Å²) in [5, 5.41) is 3.29. The molecule has 1 aromatic carbocycles. The van der Waals surface area contributed by atoms with Crippen LogP contribution in [0.25, 0.3) is 0 Å². The molecule has 0 bridgehead atoms. The smallest absolute Gasteiger partial charge is 0.261 e. The maximum Gasteiger partial charge on any atom is 0.261 e. The summed E-state index contributed by atoms with van der Waals surface area (Å²) in [6.07, 6.45) is -0.689. The minimum Gasteiger partial charge on any atom is -0.374 e.